The van der Waals surface area contributed by atoms with Gasteiger partial charge in [-0.3, -0.25) is 0 Å². The number of rotatable bonds is 3. The summed E-state index contributed by atoms with van der Waals surface area (Å²) in [5.74, 6) is -0.363. The summed E-state index contributed by atoms with van der Waals surface area (Å²) in [6.45, 7) is 1.81. The van der Waals surface area contributed by atoms with Crippen molar-refractivity contribution < 1.29 is 9.53 Å². The van der Waals surface area contributed by atoms with Gasteiger partial charge in [-0.25, -0.2) is 9.78 Å². The number of nitrogens with zero attached hydrogens (tertiary/aromatic N) is 1. The number of hydrogen-bond donors (Lipinski definition) is 0. The van der Waals surface area contributed by atoms with Gasteiger partial charge >= 0.3 is 5.97 Å². The fourth-order valence-electron chi connectivity index (χ4n) is 2.08. The largest absolute Gasteiger partial charge is 0.454 e. The standard InChI is InChI=1S/C16H12ClNO2S/c1-10(12-4-2-3-5-13(12)17)20-16(19)11-6-7-14-15(8-11)21-9-18-14/h2-10H,1H3/t10-/m1/s1. The molecule has 1 atom stereocenters. The van der Waals surface area contributed by atoms with Gasteiger partial charge in [0, 0.05) is 10.6 Å². The maximum atomic E-state index is 12.2. The van der Waals surface area contributed by atoms with Gasteiger partial charge in [0.1, 0.15) is 6.10 Å². The molecule has 2 aromatic carbocycles. The fourth-order valence-corrected chi connectivity index (χ4v) is 3.08. The highest BCUT2D eigenvalue weighted by atomic mass is 35.5. The van der Waals surface area contributed by atoms with Crippen LogP contribution in [0, 0.1) is 0 Å². The maximum absolute atomic E-state index is 12.2. The monoisotopic (exact) mass is 317 g/mol. The molecule has 0 aliphatic rings. The van der Waals surface area contributed by atoms with Crippen molar-refractivity contribution in [3.8, 4) is 0 Å². The van der Waals surface area contributed by atoms with Gasteiger partial charge in [-0.1, -0.05) is 29.8 Å². The second kappa shape index (κ2) is 5.84. The van der Waals surface area contributed by atoms with E-state index in [9.17, 15) is 4.79 Å². The zero-order valence-corrected chi connectivity index (χ0v) is 12.8. The topological polar surface area (TPSA) is 39.2 Å². The molecule has 3 rings (SSSR count). The van der Waals surface area contributed by atoms with Crippen LogP contribution in [0.1, 0.15) is 28.9 Å². The second-order valence-corrected chi connectivity index (χ2v) is 5.90. The summed E-state index contributed by atoms with van der Waals surface area (Å²) < 4.78 is 6.46. The van der Waals surface area contributed by atoms with E-state index in [1.54, 1.807) is 23.7 Å². The Balaban J connectivity index is 1.81. The van der Waals surface area contributed by atoms with E-state index in [4.69, 9.17) is 16.3 Å². The predicted octanol–water partition coefficient (Wildman–Crippen LogP) is 4.87. The first-order chi connectivity index (χ1) is 10.1. The molecule has 0 bridgehead atoms. The summed E-state index contributed by atoms with van der Waals surface area (Å²) in [6.07, 6.45) is -0.400. The molecule has 0 saturated heterocycles. The summed E-state index contributed by atoms with van der Waals surface area (Å²) in [7, 11) is 0. The molecule has 1 heterocycles. The summed E-state index contributed by atoms with van der Waals surface area (Å²) in [6, 6.07) is 12.7. The molecule has 0 saturated carbocycles. The van der Waals surface area contributed by atoms with Gasteiger partial charge in [0.05, 0.1) is 21.3 Å². The second-order valence-electron chi connectivity index (χ2n) is 4.60. The van der Waals surface area contributed by atoms with Gasteiger partial charge in [0.25, 0.3) is 0 Å². The van der Waals surface area contributed by atoms with E-state index in [0.717, 1.165) is 15.8 Å². The normalized spacial score (nSPS) is 12.3. The summed E-state index contributed by atoms with van der Waals surface area (Å²) >= 11 is 7.61. The van der Waals surface area contributed by atoms with Gasteiger partial charge in [-0.05, 0) is 31.2 Å². The molecule has 21 heavy (non-hydrogen) atoms. The number of esters is 1. The third kappa shape index (κ3) is 2.91. The van der Waals surface area contributed by atoms with E-state index in [0.29, 0.717) is 10.6 Å². The minimum atomic E-state index is -0.400. The molecule has 3 aromatic rings. The number of ether oxygens (including phenoxy) is 1. The third-order valence-corrected chi connectivity index (χ3v) is 4.33. The Bertz CT molecular complexity index is 800. The molecule has 3 nitrogen and oxygen atoms in total. The quantitative estimate of drug-likeness (QED) is 0.647. The summed E-state index contributed by atoms with van der Waals surface area (Å²) in [5, 5.41) is 0.593. The number of benzene rings is 2. The Morgan fingerprint density at radius 3 is 2.90 bits per heavy atom. The lowest BCUT2D eigenvalue weighted by molar-refractivity contribution is 0.0338. The van der Waals surface area contributed by atoms with Crippen LogP contribution in [0.25, 0.3) is 10.2 Å². The van der Waals surface area contributed by atoms with Crippen LogP contribution in [0.3, 0.4) is 0 Å². The minimum absolute atomic E-state index is 0.363. The van der Waals surface area contributed by atoms with Crippen molar-refractivity contribution in [1.82, 2.24) is 4.98 Å². The van der Waals surface area contributed by atoms with E-state index < -0.39 is 6.10 Å². The first-order valence-electron chi connectivity index (χ1n) is 6.44. The summed E-state index contributed by atoms with van der Waals surface area (Å²) in [5.41, 5.74) is 3.96. The third-order valence-electron chi connectivity index (χ3n) is 3.19. The van der Waals surface area contributed by atoms with Gasteiger partial charge in [0.2, 0.25) is 0 Å². The number of aromatic nitrogens is 1. The Kier molecular flexibility index (Phi) is 3.90. The highest BCUT2D eigenvalue weighted by molar-refractivity contribution is 7.16. The first-order valence-corrected chi connectivity index (χ1v) is 7.69. The molecule has 0 unspecified atom stereocenters. The van der Waals surface area contributed by atoms with Crippen LogP contribution in [0.15, 0.2) is 48.0 Å². The molecule has 0 aliphatic heterocycles. The zero-order valence-electron chi connectivity index (χ0n) is 11.2. The van der Waals surface area contributed by atoms with Crippen molar-refractivity contribution in [3.05, 3.63) is 64.1 Å². The van der Waals surface area contributed by atoms with Crippen molar-refractivity contribution in [2.24, 2.45) is 0 Å². The van der Waals surface area contributed by atoms with E-state index >= 15 is 0 Å². The molecule has 0 radical (unpaired) electrons. The molecule has 0 fully saturated rings. The van der Waals surface area contributed by atoms with E-state index in [-0.39, 0.29) is 5.97 Å². The minimum Gasteiger partial charge on any atom is -0.454 e. The van der Waals surface area contributed by atoms with Crippen molar-refractivity contribution in [1.29, 1.82) is 0 Å². The van der Waals surface area contributed by atoms with Gasteiger partial charge < -0.3 is 4.74 Å². The highest BCUT2D eigenvalue weighted by Gasteiger charge is 2.16. The van der Waals surface area contributed by atoms with Crippen molar-refractivity contribution >= 4 is 39.1 Å². The molecule has 0 N–H and O–H groups in total. The van der Waals surface area contributed by atoms with E-state index in [1.165, 1.54) is 11.3 Å². The number of halogens is 1. The number of thiazole rings is 1. The first kappa shape index (κ1) is 14.0. The van der Waals surface area contributed by atoms with Crippen LogP contribution in [-0.2, 0) is 4.74 Å². The lowest BCUT2D eigenvalue weighted by Gasteiger charge is -2.14. The van der Waals surface area contributed by atoms with Crippen LogP contribution in [0.4, 0.5) is 0 Å². The van der Waals surface area contributed by atoms with Gasteiger partial charge in [-0.15, -0.1) is 11.3 Å². The van der Waals surface area contributed by atoms with Crippen LogP contribution in [-0.4, -0.2) is 11.0 Å². The fraction of sp³-hybridized carbons (Fsp3) is 0.125. The van der Waals surface area contributed by atoms with Gasteiger partial charge in [-0.2, -0.15) is 0 Å². The maximum Gasteiger partial charge on any atom is 0.338 e. The molecule has 5 heteroatoms. The van der Waals surface area contributed by atoms with Crippen molar-refractivity contribution in [2.75, 3.05) is 0 Å². The molecule has 0 aliphatic carbocycles. The Hall–Kier alpha value is -1.91. The lowest BCUT2D eigenvalue weighted by atomic mass is 10.1. The van der Waals surface area contributed by atoms with Crippen LogP contribution < -0.4 is 0 Å². The van der Waals surface area contributed by atoms with Crippen molar-refractivity contribution in [2.45, 2.75) is 13.0 Å². The molecule has 1 aromatic heterocycles. The number of carbonyl (C=O) groups excluding carboxylic acids is 1. The lowest BCUT2D eigenvalue weighted by Crippen LogP contribution is -2.09. The van der Waals surface area contributed by atoms with Gasteiger partial charge in [0.15, 0.2) is 0 Å². The van der Waals surface area contributed by atoms with Crippen LogP contribution >= 0.6 is 22.9 Å². The predicted molar refractivity (Wildman–Crippen MR) is 84.9 cm³/mol. The Morgan fingerprint density at radius 2 is 2.10 bits per heavy atom. The smallest absolute Gasteiger partial charge is 0.338 e. The average Bonchev–Trinajstić information content (AvgIpc) is 2.94. The average molecular weight is 318 g/mol. The van der Waals surface area contributed by atoms with Crippen LogP contribution in [0.5, 0.6) is 0 Å². The number of carbonyl (C=O) groups is 1. The zero-order chi connectivity index (χ0) is 14.8. The number of fused-ring (bicyclic) bond motifs is 1. The van der Waals surface area contributed by atoms with Crippen LogP contribution in [0.2, 0.25) is 5.02 Å². The molecular formula is C16H12ClNO2S. The molecule has 0 spiro atoms. The molecule has 106 valence electrons. The summed E-state index contributed by atoms with van der Waals surface area (Å²) in [4.78, 5) is 16.4. The highest BCUT2D eigenvalue weighted by Crippen LogP contribution is 2.26. The Morgan fingerprint density at radius 1 is 1.29 bits per heavy atom. The SMILES string of the molecule is C[C@@H](OC(=O)c1ccc2ncsc2c1)c1ccccc1Cl. The number of hydrogen-bond acceptors (Lipinski definition) is 4. The molecule has 0 amide bonds. The van der Waals surface area contributed by atoms with Crippen molar-refractivity contribution in [3.63, 3.8) is 0 Å². The van der Waals surface area contributed by atoms with E-state index in [1.807, 2.05) is 31.2 Å². The molecular weight excluding hydrogens is 306 g/mol. The van der Waals surface area contributed by atoms with E-state index in [2.05, 4.69) is 4.98 Å². The Labute approximate surface area is 131 Å².